The predicted molar refractivity (Wildman–Crippen MR) is 128 cm³/mol. The van der Waals surface area contributed by atoms with Gasteiger partial charge in [-0.15, -0.1) is 0 Å². The summed E-state index contributed by atoms with van der Waals surface area (Å²) in [6, 6.07) is 13.8. The number of H-pyrrole nitrogens is 1. The predicted octanol–water partition coefficient (Wildman–Crippen LogP) is 2.96. The second kappa shape index (κ2) is 10.7. The van der Waals surface area contributed by atoms with Crippen LogP contribution in [0.1, 0.15) is 19.4 Å². The van der Waals surface area contributed by atoms with Gasteiger partial charge in [0.15, 0.2) is 6.61 Å². The monoisotopic (exact) mass is 450 g/mol. The smallest absolute Gasteiger partial charge is 0.259 e. The Bertz CT molecular complexity index is 1120. The molecule has 0 saturated carbocycles. The first kappa shape index (κ1) is 23.8. The number of anilines is 1. The van der Waals surface area contributed by atoms with Crippen molar-refractivity contribution in [2.24, 2.45) is 5.92 Å². The second-order valence-electron chi connectivity index (χ2n) is 8.37. The molecule has 1 aromatic heterocycles. The Hall–Kier alpha value is -3.81. The van der Waals surface area contributed by atoms with Crippen LogP contribution in [-0.2, 0) is 20.8 Å². The van der Waals surface area contributed by atoms with Crippen LogP contribution in [0.4, 0.5) is 5.69 Å². The fraction of sp³-hybridized carbons (Fsp3) is 0.320. The summed E-state index contributed by atoms with van der Waals surface area (Å²) in [4.78, 5) is 41.8. The van der Waals surface area contributed by atoms with E-state index in [9.17, 15) is 14.4 Å². The maximum atomic E-state index is 13.1. The summed E-state index contributed by atoms with van der Waals surface area (Å²) in [5.41, 5.74) is 2.49. The number of likely N-dealkylation sites (N-methyl/N-ethyl adjacent to an activating group) is 1. The molecular weight excluding hydrogens is 420 g/mol. The molecule has 1 atom stereocenters. The van der Waals surface area contributed by atoms with Crippen molar-refractivity contribution in [3.05, 3.63) is 60.3 Å². The lowest BCUT2D eigenvalue weighted by atomic mass is 10.0. The van der Waals surface area contributed by atoms with Gasteiger partial charge in [-0.25, -0.2) is 0 Å². The number of nitrogens with zero attached hydrogens (tertiary/aromatic N) is 1. The average molecular weight is 451 g/mol. The third-order valence-electron chi connectivity index (χ3n) is 5.24. The Morgan fingerprint density at radius 2 is 1.70 bits per heavy atom. The van der Waals surface area contributed by atoms with E-state index in [1.807, 2.05) is 30.5 Å². The lowest BCUT2D eigenvalue weighted by Gasteiger charge is -2.20. The number of nitrogens with one attached hydrogen (secondary N) is 3. The largest absolute Gasteiger partial charge is 0.484 e. The van der Waals surface area contributed by atoms with Crippen molar-refractivity contribution in [3.63, 3.8) is 0 Å². The molecule has 3 N–H and O–H groups in total. The first-order chi connectivity index (χ1) is 15.7. The molecule has 0 aliphatic heterocycles. The standard InChI is InChI=1S/C25H30N4O4/c1-16(2)24(31)28-22(13-17-14-26-21-8-6-5-7-20(17)21)25(32)27-18-9-11-19(12-10-18)33-15-23(30)29(3)4/h5-12,14,16,22,26H,13,15H2,1-4H3,(H,27,32)(H,28,31). The number of benzene rings is 2. The molecule has 33 heavy (non-hydrogen) atoms. The van der Waals surface area contributed by atoms with Crippen LogP contribution in [0.15, 0.2) is 54.7 Å². The van der Waals surface area contributed by atoms with Crippen molar-refractivity contribution in [1.82, 2.24) is 15.2 Å². The van der Waals surface area contributed by atoms with Gasteiger partial charge in [0.2, 0.25) is 11.8 Å². The summed E-state index contributed by atoms with van der Waals surface area (Å²) < 4.78 is 5.46. The van der Waals surface area contributed by atoms with Crippen LogP contribution in [0.3, 0.4) is 0 Å². The van der Waals surface area contributed by atoms with Gasteiger partial charge in [-0.05, 0) is 35.9 Å². The highest BCUT2D eigenvalue weighted by atomic mass is 16.5. The number of carbonyl (C=O) groups is 3. The van der Waals surface area contributed by atoms with Gasteiger partial charge in [0.1, 0.15) is 11.8 Å². The fourth-order valence-corrected chi connectivity index (χ4v) is 3.21. The van der Waals surface area contributed by atoms with Gasteiger partial charge in [-0.1, -0.05) is 32.0 Å². The quantitative estimate of drug-likeness (QED) is 0.466. The molecule has 2 aromatic carbocycles. The molecule has 1 heterocycles. The van der Waals surface area contributed by atoms with E-state index < -0.39 is 6.04 Å². The highest BCUT2D eigenvalue weighted by Gasteiger charge is 2.24. The maximum absolute atomic E-state index is 13.1. The number of hydrogen-bond donors (Lipinski definition) is 3. The third kappa shape index (κ3) is 6.35. The van der Waals surface area contributed by atoms with E-state index in [1.54, 1.807) is 52.2 Å². The minimum atomic E-state index is -0.743. The summed E-state index contributed by atoms with van der Waals surface area (Å²) >= 11 is 0. The lowest BCUT2D eigenvalue weighted by molar-refractivity contribution is -0.130. The van der Waals surface area contributed by atoms with Crippen molar-refractivity contribution >= 4 is 34.3 Å². The number of hydrogen-bond acceptors (Lipinski definition) is 4. The normalized spacial score (nSPS) is 11.8. The Kier molecular flexibility index (Phi) is 7.71. The van der Waals surface area contributed by atoms with E-state index in [0.717, 1.165) is 16.5 Å². The molecule has 0 radical (unpaired) electrons. The van der Waals surface area contributed by atoms with E-state index in [1.165, 1.54) is 4.90 Å². The second-order valence-corrected chi connectivity index (χ2v) is 8.37. The molecule has 0 fully saturated rings. The van der Waals surface area contributed by atoms with Crippen molar-refractivity contribution in [1.29, 1.82) is 0 Å². The highest BCUT2D eigenvalue weighted by molar-refractivity contribution is 5.98. The molecule has 3 rings (SSSR count). The van der Waals surface area contributed by atoms with Gasteiger partial charge in [0.05, 0.1) is 0 Å². The summed E-state index contributed by atoms with van der Waals surface area (Å²) in [5, 5.41) is 6.74. The molecule has 8 nitrogen and oxygen atoms in total. The number of ether oxygens (including phenoxy) is 1. The third-order valence-corrected chi connectivity index (χ3v) is 5.24. The van der Waals surface area contributed by atoms with Crippen molar-refractivity contribution in [3.8, 4) is 5.75 Å². The first-order valence-electron chi connectivity index (χ1n) is 10.8. The highest BCUT2D eigenvalue weighted by Crippen LogP contribution is 2.20. The van der Waals surface area contributed by atoms with Gasteiger partial charge in [0, 0.05) is 49.2 Å². The van der Waals surface area contributed by atoms with E-state index in [-0.39, 0.29) is 30.2 Å². The molecule has 0 aliphatic rings. The van der Waals surface area contributed by atoms with E-state index in [2.05, 4.69) is 15.6 Å². The molecule has 3 amide bonds. The van der Waals surface area contributed by atoms with E-state index in [0.29, 0.717) is 17.9 Å². The molecule has 0 aliphatic carbocycles. The van der Waals surface area contributed by atoms with Crippen LogP contribution >= 0.6 is 0 Å². The fourth-order valence-electron chi connectivity index (χ4n) is 3.21. The molecule has 1 unspecified atom stereocenters. The number of carbonyl (C=O) groups excluding carboxylic acids is 3. The number of amides is 3. The molecule has 8 heteroatoms. The van der Waals surface area contributed by atoms with Crippen LogP contribution in [0.25, 0.3) is 10.9 Å². The number of para-hydroxylation sites is 1. The zero-order valence-corrected chi connectivity index (χ0v) is 19.3. The Labute approximate surface area is 193 Å². The van der Waals surface area contributed by atoms with Gasteiger partial charge in [0.25, 0.3) is 5.91 Å². The van der Waals surface area contributed by atoms with Gasteiger partial charge >= 0.3 is 0 Å². The van der Waals surface area contributed by atoms with Crippen molar-refractivity contribution in [2.75, 3.05) is 26.0 Å². The van der Waals surface area contributed by atoms with Gasteiger partial charge in [-0.3, -0.25) is 14.4 Å². The molecule has 3 aromatic rings. The number of aromatic nitrogens is 1. The average Bonchev–Trinajstić information content (AvgIpc) is 3.20. The van der Waals surface area contributed by atoms with Crippen LogP contribution in [0.5, 0.6) is 5.75 Å². The summed E-state index contributed by atoms with van der Waals surface area (Å²) in [6.45, 7) is 3.51. The summed E-state index contributed by atoms with van der Waals surface area (Å²) in [6.07, 6.45) is 2.22. The van der Waals surface area contributed by atoms with Gasteiger partial charge in [-0.2, -0.15) is 0 Å². The van der Waals surface area contributed by atoms with E-state index in [4.69, 9.17) is 4.74 Å². The molecule has 0 bridgehead atoms. The number of rotatable bonds is 9. The molecule has 0 saturated heterocycles. The Morgan fingerprint density at radius 1 is 1.00 bits per heavy atom. The minimum Gasteiger partial charge on any atom is -0.484 e. The van der Waals surface area contributed by atoms with Crippen LogP contribution in [-0.4, -0.2) is 54.3 Å². The zero-order valence-electron chi connectivity index (χ0n) is 19.3. The maximum Gasteiger partial charge on any atom is 0.259 e. The number of aromatic amines is 1. The van der Waals surface area contributed by atoms with Gasteiger partial charge < -0.3 is 25.3 Å². The Morgan fingerprint density at radius 3 is 2.36 bits per heavy atom. The number of fused-ring (bicyclic) bond motifs is 1. The zero-order chi connectivity index (χ0) is 24.0. The SMILES string of the molecule is CC(C)C(=O)NC(Cc1c[nH]c2ccccc12)C(=O)Nc1ccc(OCC(=O)N(C)C)cc1. The van der Waals surface area contributed by atoms with Crippen molar-refractivity contribution < 1.29 is 19.1 Å². The molecular formula is C25H30N4O4. The summed E-state index contributed by atoms with van der Waals surface area (Å²) in [7, 11) is 3.32. The summed E-state index contributed by atoms with van der Waals surface area (Å²) in [5.74, 6) is -0.375. The topological polar surface area (TPSA) is 104 Å². The van der Waals surface area contributed by atoms with Crippen molar-refractivity contribution in [2.45, 2.75) is 26.3 Å². The van der Waals surface area contributed by atoms with Crippen LogP contribution in [0.2, 0.25) is 0 Å². The van der Waals surface area contributed by atoms with E-state index >= 15 is 0 Å². The Balaban J connectivity index is 1.70. The van der Waals surface area contributed by atoms with Crippen LogP contribution in [0, 0.1) is 5.92 Å². The molecule has 0 spiro atoms. The minimum absolute atomic E-state index is 0.0629. The van der Waals surface area contributed by atoms with Crippen LogP contribution < -0.4 is 15.4 Å². The molecule has 174 valence electrons. The first-order valence-corrected chi connectivity index (χ1v) is 10.8. The lowest BCUT2D eigenvalue weighted by Crippen LogP contribution is -2.46.